The van der Waals surface area contributed by atoms with Gasteiger partial charge in [-0.2, -0.15) is 24.4 Å². The molecule has 0 fully saturated rings. The van der Waals surface area contributed by atoms with Crippen LogP contribution in [0.15, 0.2) is 24.3 Å². The Morgan fingerprint density at radius 3 is 2.29 bits per heavy atom. The fourth-order valence-corrected chi connectivity index (χ4v) is 4.56. The Bertz CT molecular complexity index is 800. The Labute approximate surface area is 225 Å². The Morgan fingerprint density at radius 1 is 1.18 bits per heavy atom. The van der Waals surface area contributed by atoms with Gasteiger partial charge in [-0.25, -0.2) is 4.79 Å². The van der Waals surface area contributed by atoms with Crippen LogP contribution in [0.2, 0.25) is 0 Å². The minimum Gasteiger partial charge on any atom is -0.480 e. The number of nitrogens with two attached hydrogens (primary N) is 2. The van der Waals surface area contributed by atoms with E-state index in [1.165, 1.54) is 11.8 Å². The molecule has 5 atom stereocenters. The number of hydrogen-bond donors (Lipinski definition) is 5. The van der Waals surface area contributed by atoms with E-state index in [1.54, 1.807) is 0 Å². The van der Waals surface area contributed by atoms with Gasteiger partial charge in [0.15, 0.2) is 0 Å². The molecule has 0 aliphatic carbocycles. The van der Waals surface area contributed by atoms with Gasteiger partial charge in [0, 0.05) is 3.57 Å². The van der Waals surface area contributed by atoms with Gasteiger partial charge in [0.2, 0.25) is 11.8 Å². The van der Waals surface area contributed by atoms with Crippen LogP contribution < -0.4 is 16.8 Å². The number of nitrogens with one attached hydrogen (secondary N) is 1. The molecule has 8 nitrogen and oxygen atoms in total. The summed E-state index contributed by atoms with van der Waals surface area (Å²) in [6.45, 7) is 3.79. The second-order valence-electron chi connectivity index (χ2n) is 8.27. The van der Waals surface area contributed by atoms with Crippen LogP contribution in [0.3, 0.4) is 0 Å². The predicted molar refractivity (Wildman–Crippen MR) is 150 cm³/mol. The molecule has 0 heterocycles. The average Bonchev–Trinajstić information content (AvgIpc) is 2.80. The molecule has 11 heteroatoms. The van der Waals surface area contributed by atoms with Crippen LogP contribution in [-0.4, -0.2) is 69.8 Å². The van der Waals surface area contributed by atoms with E-state index >= 15 is 0 Å². The molecule has 192 valence electrons. The molecule has 34 heavy (non-hydrogen) atoms. The Balaban J connectivity index is 3.34. The Morgan fingerprint density at radius 2 is 1.79 bits per heavy atom. The highest BCUT2D eigenvalue weighted by molar-refractivity contribution is 14.1. The summed E-state index contributed by atoms with van der Waals surface area (Å²) in [6.07, 6.45) is 2.78. The highest BCUT2D eigenvalue weighted by Crippen LogP contribution is 2.19. The van der Waals surface area contributed by atoms with Crippen LogP contribution in [-0.2, 0) is 20.8 Å². The first-order valence-corrected chi connectivity index (χ1v) is 14.4. The van der Waals surface area contributed by atoms with Gasteiger partial charge in [0.25, 0.3) is 0 Å². The van der Waals surface area contributed by atoms with E-state index in [-0.39, 0.29) is 18.8 Å². The monoisotopic (exact) mass is 624 g/mol. The lowest BCUT2D eigenvalue weighted by Crippen LogP contribution is -2.62. The van der Waals surface area contributed by atoms with Crippen LogP contribution in [0.1, 0.15) is 38.7 Å². The maximum absolute atomic E-state index is 13.8. The van der Waals surface area contributed by atoms with Gasteiger partial charge in [-0.1, -0.05) is 32.4 Å². The number of halogens is 1. The molecule has 1 aromatic carbocycles. The molecule has 2 amide bonds. The second-order valence-corrected chi connectivity index (χ2v) is 10.9. The van der Waals surface area contributed by atoms with Crippen molar-refractivity contribution in [2.75, 3.05) is 17.8 Å². The van der Waals surface area contributed by atoms with Crippen molar-refractivity contribution in [3.05, 3.63) is 33.4 Å². The molecule has 0 aliphatic rings. The molecule has 0 bridgehead atoms. The van der Waals surface area contributed by atoms with E-state index in [2.05, 4.69) is 40.5 Å². The summed E-state index contributed by atoms with van der Waals surface area (Å²) in [5, 5.41) is 13.1. The third kappa shape index (κ3) is 9.65. The van der Waals surface area contributed by atoms with Gasteiger partial charge < -0.3 is 16.6 Å². The number of carbonyl (C=O) groups is 3. The highest BCUT2D eigenvalue weighted by atomic mass is 127. The molecule has 0 aromatic heterocycles. The van der Waals surface area contributed by atoms with Crippen LogP contribution in [0.25, 0.3) is 0 Å². The summed E-state index contributed by atoms with van der Waals surface area (Å²) in [4.78, 5) is 40.4. The smallest absolute Gasteiger partial charge is 0.326 e. The first-order valence-electron chi connectivity index (χ1n) is 11.3. The third-order valence-electron chi connectivity index (χ3n) is 5.67. The standard InChI is InChI=1S/C23H37IN4O4S2/c1-4-14(2)20(27-19(26)9-11-33)22(30)28(18(23(31)32)10-12-34-3)21(29)17(25)13-15-5-7-16(24)8-6-15/h5-8,14,17-20,27,33H,4,9-13,25-26H2,1-3H3,(H,31,32)/t14?,17?,18?,19-,20?/m1/s1. The molecular formula is C23H37IN4O4S2. The molecule has 0 saturated heterocycles. The first kappa shape index (κ1) is 31.2. The van der Waals surface area contributed by atoms with Crippen LogP contribution in [0, 0.1) is 9.49 Å². The number of nitrogens with zero attached hydrogens (tertiary/aromatic N) is 1. The van der Waals surface area contributed by atoms with E-state index in [4.69, 9.17) is 11.5 Å². The summed E-state index contributed by atoms with van der Waals surface area (Å²) in [6, 6.07) is 4.33. The topological polar surface area (TPSA) is 139 Å². The minimum absolute atomic E-state index is 0.125. The zero-order valence-electron chi connectivity index (χ0n) is 19.9. The molecule has 0 saturated carbocycles. The number of hydrogen-bond acceptors (Lipinski definition) is 8. The molecule has 4 unspecified atom stereocenters. The van der Waals surface area contributed by atoms with Gasteiger partial charge in [-0.15, -0.1) is 0 Å². The number of aliphatic carboxylic acids is 1. The van der Waals surface area contributed by atoms with E-state index < -0.39 is 42.1 Å². The van der Waals surface area contributed by atoms with Crippen molar-refractivity contribution in [2.45, 2.75) is 63.8 Å². The summed E-state index contributed by atoms with van der Waals surface area (Å²) in [5.74, 6) is -1.74. The fourth-order valence-electron chi connectivity index (χ4n) is 3.47. The van der Waals surface area contributed by atoms with Gasteiger partial charge in [0.05, 0.1) is 18.2 Å². The largest absolute Gasteiger partial charge is 0.480 e. The van der Waals surface area contributed by atoms with Crippen LogP contribution in [0.4, 0.5) is 0 Å². The lowest BCUT2D eigenvalue weighted by molar-refractivity contribution is -0.160. The van der Waals surface area contributed by atoms with Crippen molar-refractivity contribution >= 4 is 64.8 Å². The Kier molecular flexibility index (Phi) is 14.7. The van der Waals surface area contributed by atoms with Gasteiger partial charge in [0.1, 0.15) is 6.04 Å². The number of amides is 2. The summed E-state index contributed by atoms with van der Waals surface area (Å²) >= 11 is 7.83. The van der Waals surface area contributed by atoms with Crippen molar-refractivity contribution in [1.82, 2.24) is 10.2 Å². The number of carboxylic acids is 1. The van der Waals surface area contributed by atoms with Crippen molar-refractivity contribution in [3.63, 3.8) is 0 Å². The number of carboxylic acid groups (broad SMARTS) is 1. The zero-order valence-corrected chi connectivity index (χ0v) is 23.8. The summed E-state index contributed by atoms with van der Waals surface area (Å²) < 4.78 is 1.04. The molecule has 0 radical (unpaired) electrons. The number of benzene rings is 1. The number of imide groups is 1. The molecule has 1 aromatic rings. The van der Waals surface area contributed by atoms with E-state index in [0.717, 1.165) is 14.0 Å². The summed E-state index contributed by atoms with van der Waals surface area (Å²) in [7, 11) is 0. The summed E-state index contributed by atoms with van der Waals surface area (Å²) in [5.41, 5.74) is 13.2. The number of carbonyl (C=O) groups excluding carboxylic acids is 2. The van der Waals surface area contributed by atoms with Crippen molar-refractivity contribution < 1.29 is 19.5 Å². The van der Waals surface area contributed by atoms with Crippen LogP contribution >= 0.6 is 47.0 Å². The lowest BCUT2D eigenvalue weighted by Gasteiger charge is -2.35. The maximum Gasteiger partial charge on any atom is 0.326 e. The fraction of sp³-hybridized carbons (Fsp3) is 0.609. The van der Waals surface area contributed by atoms with Crippen molar-refractivity contribution in [1.29, 1.82) is 0 Å². The van der Waals surface area contributed by atoms with Gasteiger partial charge in [-0.05, 0) is 83.2 Å². The van der Waals surface area contributed by atoms with Crippen molar-refractivity contribution in [2.24, 2.45) is 17.4 Å². The zero-order chi connectivity index (χ0) is 25.8. The highest BCUT2D eigenvalue weighted by Gasteiger charge is 2.41. The third-order valence-corrected chi connectivity index (χ3v) is 7.29. The minimum atomic E-state index is -1.32. The quantitative estimate of drug-likeness (QED) is 0.114. The normalized spacial score (nSPS) is 15.7. The van der Waals surface area contributed by atoms with E-state index in [0.29, 0.717) is 24.3 Å². The lowest BCUT2D eigenvalue weighted by atomic mass is 9.95. The predicted octanol–water partition coefficient (Wildman–Crippen LogP) is 2.33. The molecule has 1 rings (SSSR count). The van der Waals surface area contributed by atoms with Gasteiger partial charge >= 0.3 is 5.97 Å². The number of thiol groups is 1. The van der Waals surface area contributed by atoms with E-state index in [9.17, 15) is 19.5 Å². The second kappa shape index (κ2) is 16.0. The van der Waals surface area contributed by atoms with E-state index in [1.807, 2.05) is 44.4 Å². The molecule has 0 aliphatic heterocycles. The number of rotatable bonds is 15. The average molecular weight is 625 g/mol. The SMILES string of the molecule is CCC(C)C(N[C@@H](N)CCS)C(=O)N(C(=O)C(N)Cc1ccc(I)cc1)C(CCSC)C(=O)O. The molecule has 6 N–H and O–H groups in total. The van der Waals surface area contributed by atoms with Gasteiger partial charge in [-0.3, -0.25) is 19.8 Å². The van der Waals surface area contributed by atoms with Crippen LogP contribution in [0.5, 0.6) is 0 Å². The first-order chi connectivity index (χ1) is 16.1. The maximum atomic E-state index is 13.8. The Hall–Kier alpha value is -0.860. The number of thioether (sulfide) groups is 1. The molecule has 0 spiro atoms. The van der Waals surface area contributed by atoms with Crippen molar-refractivity contribution in [3.8, 4) is 0 Å². The molecular weight excluding hydrogens is 587 g/mol.